The van der Waals surface area contributed by atoms with Crippen molar-refractivity contribution in [1.82, 2.24) is 10.6 Å². The van der Waals surface area contributed by atoms with Crippen LogP contribution in [0.5, 0.6) is 0 Å². The number of rotatable bonds is 1. The van der Waals surface area contributed by atoms with Gasteiger partial charge in [-0.15, -0.1) is 0 Å². The normalized spacial score (nSPS) is 34.5. The molecule has 2 rings (SSSR count). The molecule has 3 atom stereocenters. The Morgan fingerprint density at radius 1 is 1.27 bits per heavy atom. The molecular weight excluding hydrogens is 194 g/mol. The molecule has 5 heteroatoms. The maximum absolute atomic E-state index is 11.5. The third-order valence-electron chi connectivity index (χ3n) is 3.43. The van der Waals surface area contributed by atoms with E-state index in [0.29, 0.717) is 12.0 Å². The van der Waals surface area contributed by atoms with Crippen LogP contribution in [0.2, 0.25) is 0 Å². The fourth-order valence-electron chi connectivity index (χ4n) is 2.73. The molecule has 1 saturated heterocycles. The predicted octanol–water partition coefficient (Wildman–Crippen LogP) is 0.102. The molecule has 84 valence electrons. The van der Waals surface area contributed by atoms with Crippen LogP contribution in [-0.4, -0.2) is 24.0 Å². The molecule has 1 aliphatic carbocycles. The molecule has 2 fully saturated rings. The lowest BCUT2D eigenvalue weighted by Crippen LogP contribution is -2.46. The van der Waals surface area contributed by atoms with Crippen LogP contribution < -0.4 is 16.4 Å². The van der Waals surface area contributed by atoms with E-state index in [0.717, 1.165) is 12.8 Å². The van der Waals surface area contributed by atoms with Crippen molar-refractivity contribution in [2.45, 2.75) is 44.2 Å². The first kappa shape index (κ1) is 10.4. The van der Waals surface area contributed by atoms with E-state index in [4.69, 9.17) is 5.73 Å². The van der Waals surface area contributed by atoms with Crippen LogP contribution in [0.3, 0.4) is 0 Å². The Hall–Kier alpha value is -1.10. The van der Waals surface area contributed by atoms with Crippen LogP contribution in [-0.2, 0) is 4.79 Å². The highest BCUT2D eigenvalue weighted by atomic mass is 16.2. The van der Waals surface area contributed by atoms with Crippen molar-refractivity contribution >= 4 is 11.9 Å². The molecule has 0 radical (unpaired) electrons. The molecule has 3 amide bonds. The van der Waals surface area contributed by atoms with Crippen molar-refractivity contribution in [3.63, 3.8) is 0 Å². The topological polar surface area (TPSA) is 84.2 Å². The number of primary amides is 1. The second kappa shape index (κ2) is 4.18. The smallest absolute Gasteiger partial charge is 0.318 e. The third kappa shape index (κ3) is 2.28. The minimum absolute atomic E-state index is 0.231. The van der Waals surface area contributed by atoms with Gasteiger partial charge in [-0.3, -0.25) is 10.1 Å². The zero-order chi connectivity index (χ0) is 10.8. The summed E-state index contributed by atoms with van der Waals surface area (Å²) in [7, 11) is 0. The van der Waals surface area contributed by atoms with Gasteiger partial charge in [-0.05, 0) is 25.2 Å². The molecule has 15 heavy (non-hydrogen) atoms. The van der Waals surface area contributed by atoms with Gasteiger partial charge in [-0.25, -0.2) is 4.79 Å². The second-order valence-corrected chi connectivity index (χ2v) is 4.46. The van der Waals surface area contributed by atoms with Gasteiger partial charge in [0.25, 0.3) is 0 Å². The summed E-state index contributed by atoms with van der Waals surface area (Å²) in [5.41, 5.74) is 4.91. The Labute approximate surface area is 88.8 Å². The minimum atomic E-state index is -0.767. The highest BCUT2D eigenvalue weighted by molar-refractivity contribution is 5.96. The Bertz CT molecular complexity index is 266. The highest BCUT2D eigenvalue weighted by Gasteiger charge is 2.38. The largest absolute Gasteiger partial charge is 0.351 e. The highest BCUT2D eigenvalue weighted by Crippen LogP contribution is 2.33. The Kier molecular flexibility index (Phi) is 2.90. The first-order valence-electron chi connectivity index (χ1n) is 5.53. The first-order valence-corrected chi connectivity index (χ1v) is 5.53. The quantitative estimate of drug-likeness (QED) is 0.575. The van der Waals surface area contributed by atoms with Gasteiger partial charge in [-0.1, -0.05) is 12.8 Å². The van der Waals surface area contributed by atoms with E-state index >= 15 is 0 Å². The van der Waals surface area contributed by atoms with E-state index in [2.05, 4.69) is 10.6 Å². The molecule has 0 spiro atoms. The first-order chi connectivity index (χ1) is 7.16. The number of nitrogens with one attached hydrogen (secondary N) is 2. The van der Waals surface area contributed by atoms with Crippen molar-refractivity contribution in [2.75, 3.05) is 0 Å². The second-order valence-electron chi connectivity index (χ2n) is 4.46. The minimum Gasteiger partial charge on any atom is -0.351 e. The zero-order valence-corrected chi connectivity index (χ0v) is 8.66. The number of amides is 3. The van der Waals surface area contributed by atoms with Crippen LogP contribution in [0.1, 0.15) is 32.1 Å². The number of nitrogens with two attached hydrogens (primary N) is 1. The summed E-state index contributed by atoms with van der Waals surface area (Å²) < 4.78 is 0. The molecule has 1 aliphatic heterocycles. The van der Waals surface area contributed by atoms with Gasteiger partial charge in [0.05, 0.1) is 6.04 Å². The van der Waals surface area contributed by atoms with Crippen molar-refractivity contribution in [3.05, 3.63) is 0 Å². The van der Waals surface area contributed by atoms with Gasteiger partial charge >= 0.3 is 6.03 Å². The lowest BCUT2D eigenvalue weighted by molar-refractivity contribution is -0.121. The summed E-state index contributed by atoms with van der Waals surface area (Å²) in [6, 6.07) is -0.537. The van der Waals surface area contributed by atoms with Gasteiger partial charge in [-0.2, -0.15) is 0 Å². The summed E-state index contributed by atoms with van der Waals surface area (Å²) >= 11 is 0. The van der Waals surface area contributed by atoms with E-state index < -0.39 is 6.03 Å². The van der Waals surface area contributed by atoms with Crippen LogP contribution in [0, 0.1) is 5.92 Å². The van der Waals surface area contributed by atoms with Crippen molar-refractivity contribution in [1.29, 1.82) is 0 Å². The van der Waals surface area contributed by atoms with Crippen LogP contribution in [0.15, 0.2) is 0 Å². The van der Waals surface area contributed by atoms with E-state index in [-0.39, 0.29) is 11.9 Å². The fourth-order valence-corrected chi connectivity index (χ4v) is 2.73. The summed E-state index contributed by atoms with van der Waals surface area (Å²) in [4.78, 5) is 22.1. The molecule has 0 bridgehead atoms. The van der Waals surface area contributed by atoms with Gasteiger partial charge in [0, 0.05) is 6.04 Å². The molecular formula is C10H17N3O2. The number of imide groups is 1. The molecule has 0 aromatic carbocycles. The maximum atomic E-state index is 11.5. The van der Waals surface area contributed by atoms with Gasteiger partial charge in [0.1, 0.15) is 0 Å². The molecule has 2 aliphatic rings. The molecule has 0 aromatic heterocycles. The average Bonchev–Trinajstić information content (AvgIpc) is 2.59. The van der Waals surface area contributed by atoms with Crippen molar-refractivity contribution in [2.24, 2.45) is 11.7 Å². The van der Waals surface area contributed by atoms with Gasteiger partial charge in [0.2, 0.25) is 5.91 Å². The van der Waals surface area contributed by atoms with E-state index in [9.17, 15) is 9.59 Å². The lowest BCUT2D eigenvalue weighted by Gasteiger charge is -2.24. The standard InChI is InChI=1S/C10H17N3O2/c11-10(15)13-9(14)8-5-6-3-1-2-4-7(6)12-8/h6-8,12H,1-5H2,(H3,11,13,14,15). The predicted molar refractivity (Wildman–Crippen MR) is 55.0 cm³/mol. The molecule has 4 N–H and O–H groups in total. The number of hydrogen-bond acceptors (Lipinski definition) is 3. The summed E-state index contributed by atoms with van der Waals surface area (Å²) in [5, 5.41) is 5.41. The average molecular weight is 211 g/mol. The molecule has 1 heterocycles. The molecule has 1 saturated carbocycles. The number of carbonyl (C=O) groups excluding carboxylic acids is 2. The number of carbonyl (C=O) groups is 2. The van der Waals surface area contributed by atoms with E-state index in [1.807, 2.05) is 0 Å². The maximum Gasteiger partial charge on any atom is 0.318 e. The van der Waals surface area contributed by atoms with Gasteiger partial charge < -0.3 is 11.1 Å². The summed E-state index contributed by atoms with van der Waals surface area (Å²) in [6.45, 7) is 0. The number of fused-ring (bicyclic) bond motifs is 1. The van der Waals surface area contributed by atoms with Crippen LogP contribution in [0.25, 0.3) is 0 Å². The van der Waals surface area contributed by atoms with Crippen LogP contribution >= 0.6 is 0 Å². The van der Waals surface area contributed by atoms with Crippen molar-refractivity contribution in [3.8, 4) is 0 Å². The van der Waals surface area contributed by atoms with Gasteiger partial charge in [0.15, 0.2) is 0 Å². The fraction of sp³-hybridized carbons (Fsp3) is 0.800. The number of urea groups is 1. The Morgan fingerprint density at radius 2 is 2.00 bits per heavy atom. The Balaban J connectivity index is 1.90. The summed E-state index contributed by atoms with van der Waals surface area (Å²) in [5.74, 6) is 0.319. The SMILES string of the molecule is NC(=O)NC(=O)C1CC2CCCCC2N1. The molecule has 3 unspecified atom stereocenters. The number of hydrogen-bond donors (Lipinski definition) is 3. The van der Waals surface area contributed by atoms with E-state index in [1.54, 1.807) is 0 Å². The van der Waals surface area contributed by atoms with Crippen molar-refractivity contribution < 1.29 is 9.59 Å². The molecule has 5 nitrogen and oxygen atoms in total. The van der Waals surface area contributed by atoms with E-state index in [1.165, 1.54) is 19.3 Å². The summed E-state index contributed by atoms with van der Waals surface area (Å²) in [6.07, 6.45) is 5.66. The van der Waals surface area contributed by atoms with Crippen LogP contribution in [0.4, 0.5) is 4.79 Å². The lowest BCUT2D eigenvalue weighted by atomic mass is 9.85. The zero-order valence-electron chi connectivity index (χ0n) is 8.66. The third-order valence-corrected chi connectivity index (χ3v) is 3.43. The Morgan fingerprint density at radius 3 is 2.67 bits per heavy atom. The molecule has 0 aromatic rings. The monoisotopic (exact) mass is 211 g/mol.